The van der Waals surface area contributed by atoms with Crippen LogP contribution in [0.3, 0.4) is 0 Å². The number of benzene rings is 4. The molecule has 38 heavy (non-hydrogen) atoms. The molecule has 1 atom stereocenters. The summed E-state index contributed by atoms with van der Waals surface area (Å²) in [4.78, 5) is 16.6. The maximum absolute atomic E-state index is 5.64. The van der Waals surface area contributed by atoms with Crippen molar-refractivity contribution in [1.82, 2.24) is 25.3 Å². The molecule has 0 amide bonds. The highest BCUT2D eigenvalue weighted by Gasteiger charge is 2.19. The molecule has 6 aromatic rings. The molecule has 190 valence electrons. The zero-order valence-corrected chi connectivity index (χ0v) is 21.4. The van der Waals surface area contributed by atoms with Crippen LogP contribution in [0.4, 0.5) is 0 Å². The lowest BCUT2D eigenvalue weighted by Crippen LogP contribution is -2.13. The Morgan fingerprint density at radius 1 is 0.711 bits per heavy atom. The zero-order chi connectivity index (χ0) is 25.5. The van der Waals surface area contributed by atoms with E-state index in [-0.39, 0.29) is 0 Å². The molecule has 5 N–H and O–H groups in total. The van der Waals surface area contributed by atoms with Crippen LogP contribution >= 0.6 is 0 Å². The van der Waals surface area contributed by atoms with Crippen LogP contribution in [0, 0.1) is 0 Å². The van der Waals surface area contributed by atoms with E-state index in [0.717, 1.165) is 72.5 Å². The quantitative estimate of drug-likeness (QED) is 0.185. The van der Waals surface area contributed by atoms with E-state index in [0.29, 0.717) is 6.04 Å². The van der Waals surface area contributed by atoms with E-state index >= 15 is 0 Å². The van der Waals surface area contributed by atoms with E-state index in [2.05, 4.69) is 88.1 Å². The van der Waals surface area contributed by atoms with Gasteiger partial charge in [0.2, 0.25) is 0 Å². The summed E-state index contributed by atoms with van der Waals surface area (Å²) < 4.78 is 0. The normalized spacial score (nSPS) is 15.8. The van der Waals surface area contributed by atoms with Crippen molar-refractivity contribution >= 4 is 32.8 Å². The molecule has 6 nitrogen and oxygen atoms in total. The van der Waals surface area contributed by atoms with Crippen molar-refractivity contribution in [1.29, 1.82) is 0 Å². The van der Waals surface area contributed by atoms with Gasteiger partial charge in [-0.15, -0.1) is 0 Å². The second kappa shape index (κ2) is 9.71. The van der Waals surface area contributed by atoms with E-state index in [1.54, 1.807) is 0 Å². The molecule has 6 heteroatoms. The van der Waals surface area contributed by atoms with Gasteiger partial charge in [-0.3, -0.25) is 0 Å². The molecule has 0 saturated carbocycles. The SMILES string of the molecule is NCCCCc1nc2ccc(-c3ccc4ccc(-c5ccc6nc(C7CCCN7)[nH]c6c5)cc4c3)cc2[nH]1. The summed E-state index contributed by atoms with van der Waals surface area (Å²) in [7, 11) is 0. The number of hydrogen-bond acceptors (Lipinski definition) is 4. The van der Waals surface area contributed by atoms with Crippen LogP contribution in [0.2, 0.25) is 0 Å². The second-order valence-corrected chi connectivity index (χ2v) is 10.4. The van der Waals surface area contributed by atoms with Crippen molar-refractivity contribution < 1.29 is 0 Å². The topological polar surface area (TPSA) is 95.4 Å². The minimum absolute atomic E-state index is 0.341. The smallest absolute Gasteiger partial charge is 0.124 e. The molecule has 1 aliphatic heterocycles. The van der Waals surface area contributed by atoms with Gasteiger partial charge in [0.1, 0.15) is 11.6 Å². The highest BCUT2D eigenvalue weighted by molar-refractivity contribution is 5.93. The summed E-state index contributed by atoms with van der Waals surface area (Å²) in [6.07, 6.45) is 5.36. The van der Waals surface area contributed by atoms with E-state index in [1.807, 2.05) is 0 Å². The van der Waals surface area contributed by atoms with Crippen LogP contribution < -0.4 is 11.1 Å². The number of rotatable bonds is 7. The van der Waals surface area contributed by atoms with Crippen molar-refractivity contribution in [2.24, 2.45) is 5.73 Å². The predicted molar refractivity (Wildman–Crippen MR) is 156 cm³/mol. The summed E-state index contributed by atoms with van der Waals surface area (Å²) in [6.45, 7) is 1.79. The Morgan fingerprint density at radius 3 is 2.05 bits per heavy atom. The van der Waals surface area contributed by atoms with Gasteiger partial charge in [-0.2, -0.15) is 0 Å². The molecule has 7 rings (SSSR count). The third kappa shape index (κ3) is 4.36. The Bertz CT molecular complexity index is 1750. The zero-order valence-electron chi connectivity index (χ0n) is 21.4. The number of fused-ring (bicyclic) bond motifs is 3. The fraction of sp³-hybridized carbons (Fsp3) is 0.250. The average molecular weight is 501 g/mol. The van der Waals surface area contributed by atoms with Gasteiger partial charge in [-0.05, 0) is 108 Å². The van der Waals surface area contributed by atoms with Crippen LogP contribution in [0.5, 0.6) is 0 Å². The average Bonchev–Trinajstić information content (AvgIpc) is 3.71. The molecule has 4 aromatic carbocycles. The Hall–Kier alpha value is -4.00. The molecule has 1 unspecified atom stereocenters. The van der Waals surface area contributed by atoms with Crippen LogP contribution in [0.15, 0.2) is 72.8 Å². The van der Waals surface area contributed by atoms with Crippen LogP contribution in [0.25, 0.3) is 55.1 Å². The molecule has 1 fully saturated rings. The summed E-state index contributed by atoms with van der Waals surface area (Å²) >= 11 is 0. The first-order chi connectivity index (χ1) is 18.7. The third-order valence-corrected chi connectivity index (χ3v) is 7.80. The number of hydrogen-bond donors (Lipinski definition) is 4. The third-order valence-electron chi connectivity index (χ3n) is 7.80. The van der Waals surface area contributed by atoms with Crippen molar-refractivity contribution in [3.05, 3.63) is 84.4 Å². The minimum atomic E-state index is 0.341. The summed E-state index contributed by atoms with van der Waals surface area (Å²) in [6, 6.07) is 26.8. The monoisotopic (exact) mass is 500 g/mol. The van der Waals surface area contributed by atoms with Gasteiger partial charge >= 0.3 is 0 Å². The number of aryl methyl sites for hydroxylation is 1. The molecular weight excluding hydrogens is 468 g/mol. The largest absolute Gasteiger partial charge is 0.342 e. The Balaban J connectivity index is 1.20. The number of aromatic amines is 2. The standard InChI is InChI=1S/C32H32N6/c33-14-2-1-5-31-35-26-12-10-23(18-29(26)36-31)21-8-6-20-7-9-22(17-25(20)16-21)24-11-13-27-30(19-24)38-32(37-27)28-4-3-15-34-28/h6-13,16-19,28,34H,1-5,14-15,33H2,(H,35,36)(H,37,38). The molecule has 3 heterocycles. The van der Waals surface area contributed by atoms with E-state index in [1.165, 1.54) is 39.4 Å². The van der Waals surface area contributed by atoms with Gasteiger partial charge in [-0.25, -0.2) is 9.97 Å². The van der Waals surface area contributed by atoms with Gasteiger partial charge in [-0.1, -0.05) is 36.4 Å². The molecule has 0 aliphatic carbocycles. The number of H-pyrrole nitrogens is 2. The van der Waals surface area contributed by atoms with Gasteiger partial charge in [0.25, 0.3) is 0 Å². The van der Waals surface area contributed by atoms with Gasteiger partial charge < -0.3 is 21.0 Å². The van der Waals surface area contributed by atoms with Gasteiger partial charge in [0, 0.05) is 6.42 Å². The molecule has 0 radical (unpaired) electrons. The first-order valence-electron chi connectivity index (χ1n) is 13.7. The first kappa shape index (κ1) is 23.1. The molecule has 2 aromatic heterocycles. The number of nitrogens with zero attached hydrogens (tertiary/aromatic N) is 2. The Morgan fingerprint density at radius 2 is 1.37 bits per heavy atom. The molecule has 1 aliphatic rings. The lowest BCUT2D eigenvalue weighted by Gasteiger charge is -2.08. The van der Waals surface area contributed by atoms with Crippen molar-refractivity contribution in [3.63, 3.8) is 0 Å². The van der Waals surface area contributed by atoms with Crippen molar-refractivity contribution in [2.45, 2.75) is 38.1 Å². The number of aromatic nitrogens is 4. The van der Waals surface area contributed by atoms with Crippen molar-refractivity contribution in [2.75, 3.05) is 13.1 Å². The number of imidazole rings is 2. The summed E-state index contributed by atoms with van der Waals surface area (Å²) in [5.41, 5.74) is 14.6. The maximum Gasteiger partial charge on any atom is 0.124 e. The fourth-order valence-electron chi connectivity index (χ4n) is 5.69. The predicted octanol–water partition coefficient (Wildman–Crippen LogP) is 6.63. The molecular formula is C32H32N6. The Kier molecular flexibility index (Phi) is 5.91. The highest BCUT2D eigenvalue weighted by Crippen LogP contribution is 2.32. The summed E-state index contributed by atoms with van der Waals surface area (Å²) in [5, 5.41) is 6.00. The second-order valence-electron chi connectivity index (χ2n) is 10.4. The lowest BCUT2D eigenvalue weighted by molar-refractivity contribution is 0.614. The van der Waals surface area contributed by atoms with Gasteiger partial charge in [0.15, 0.2) is 0 Å². The van der Waals surface area contributed by atoms with Gasteiger partial charge in [0.05, 0.1) is 28.1 Å². The highest BCUT2D eigenvalue weighted by atomic mass is 15.0. The van der Waals surface area contributed by atoms with Crippen LogP contribution in [-0.4, -0.2) is 33.0 Å². The van der Waals surface area contributed by atoms with Crippen molar-refractivity contribution in [3.8, 4) is 22.3 Å². The Labute approximate surface area is 221 Å². The number of nitrogens with two attached hydrogens (primary N) is 1. The molecule has 0 spiro atoms. The lowest BCUT2D eigenvalue weighted by atomic mass is 9.97. The first-order valence-corrected chi connectivity index (χ1v) is 13.7. The number of nitrogens with one attached hydrogen (secondary N) is 3. The maximum atomic E-state index is 5.64. The van der Waals surface area contributed by atoms with E-state index < -0.39 is 0 Å². The molecule has 0 bridgehead atoms. The fourth-order valence-corrected chi connectivity index (χ4v) is 5.69. The molecule has 1 saturated heterocycles. The minimum Gasteiger partial charge on any atom is -0.342 e. The van der Waals surface area contributed by atoms with Crippen LogP contribution in [-0.2, 0) is 6.42 Å². The summed E-state index contributed by atoms with van der Waals surface area (Å²) in [5.74, 6) is 2.09. The van der Waals surface area contributed by atoms with E-state index in [4.69, 9.17) is 15.7 Å². The van der Waals surface area contributed by atoms with E-state index in [9.17, 15) is 0 Å². The van der Waals surface area contributed by atoms with Crippen LogP contribution in [0.1, 0.15) is 43.4 Å². The number of unbranched alkanes of at least 4 members (excludes halogenated alkanes) is 1.